The predicted octanol–water partition coefficient (Wildman–Crippen LogP) is 2.45. The Kier molecular flexibility index (Phi) is 2.65. The average Bonchev–Trinajstić information content (AvgIpc) is 2.67. The number of hydrogen-bond acceptors (Lipinski definition) is 3. The third kappa shape index (κ3) is 1.72. The number of hydrogen-bond donors (Lipinski definition) is 1. The standard InChI is InChI=1S/C12H17NO2/c1-9(2)12(5-3-7-15-12)10-4-6-13-11(14)8-10/h4,6,8-9H,3,5,7H2,1-2H3,(H,13,14). The molecule has 0 aromatic carbocycles. The van der Waals surface area contributed by atoms with Gasteiger partial charge in [0.25, 0.3) is 0 Å². The number of aromatic nitrogens is 1. The van der Waals surface area contributed by atoms with Gasteiger partial charge in [-0.3, -0.25) is 0 Å². The molecule has 1 saturated heterocycles. The molecule has 3 nitrogen and oxygen atoms in total. The Morgan fingerprint density at radius 2 is 2.33 bits per heavy atom. The molecule has 1 aromatic rings. The van der Waals surface area contributed by atoms with Gasteiger partial charge in [-0.15, -0.1) is 0 Å². The van der Waals surface area contributed by atoms with Crippen molar-refractivity contribution in [2.45, 2.75) is 32.3 Å². The van der Waals surface area contributed by atoms with E-state index in [1.165, 1.54) is 0 Å². The van der Waals surface area contributed by atoms with E-state index in [0.29, 0.717) is 5.92 Å². The van der Waals surface area contributed by atoms with Crippen LogP contribution in [0.15, 0.2) is 18.3 Å². The summed E-state index contributed by atoms with van der Waals surface area (Å²) in [5.41, 5.74) is 0.822. The van der Waals surface area contributed by atoms with Gasteiger partial charge in [-0.2, -0.15) is 0 Å². The van der Waals surface area contributed by atoms with Crippen LogP contribution < -0.4 is 0 Å². The van der Waals surface area contributed by atoms with E-state index in [0.717, 1.165) is 25.0 Å². The molecule has 0 saturated carbocycles. The van der Waals surface area contributed by atoms with Crippen molar-refractivity contribution >= 4 is 0 Å². The topological polar surface area (TPSA) is 42.4 Å². The summed E-state index contributed by atoms with van der Waals surface area (Å²) >= 11 is 0. The zero-order valence-electron chi connectivity index (χ0n) is 9.23. The van der Waals surface area contributed by atoms with Crippen molar-refractivity contribution in [2.24, 2.45) is 5.92 Å². The molecule has 0 spiro atoms. The zero-order chi connectivity index (χ0) is 10.9. The minimum Gasteiger partial charge on any atom is -0.493 e. The van der Waals surface area contributed by atoms with E-state index in [4.69, 9.17) is 4.74 Å². The molecular weight excluding hydrogens is 190 g/mol. The van der Waals surface area contributed by atoms with Crippen molar-refractivity contribution in [1.29, 1.82) is 0 Å². The molecule has 2 rings (SSSR count). The number of aromatic hydroxyl groups is 1. The van der Waals surface area contributed by atoms with E-state index >= 15 is 0 Å². The first-order chi connectivity index (χ1) is 7.15. The van der Waals surface area contributed by atoms with Crippen molar-refractivity contribution in [2.75, 3.05) is 6.61 Å². The van der Waals surface area contributed by atoms with Crippen LogP contribution in [0, 0.1) is 5.92 Å². The highest BCUT2D eigenvalue weighted by atomic mass is 16.5. The molecule has 0 aliphatic carbocycles. The lowest BCUT2D eigenvalue weighted by Crippen LogP contribution is -2.31. The summed E-state index contributed by atoms with van der Waals surface area (Å²) in [6.07, 6.45) is 3.74. The fourth-order valence-corrected chi connectivity index (χ4v) is 2.36. The largest absolute Gasteiger partial charge is 0.493 e. The lowest BCUT2D eigenvalue weighted by atomic mass is 9.81. The van der Waals surface area contributed by atoms with Gasteiger partial charge in [-0.25, -0.2) is 4.98 Å². The van der Waals surface area contributed by atoms with Crippen LogP contribution in [0.25, 0.3) is 0 Å². The van der Waals surface area contributed by atoms with E-state index in [2.05, 4.69) is 18.8 Å². The van der Waals surface area contributed by atoms with Crippen molar-refractivity contribution in [3.8, 4) is 5.88 Å². The van der Waals surface area contributed by atoms with Crippen LogP contribution in [-0.4, -0.2) is 16.7 Å². The number of rotatable bonds is 2. The first kappa shape index (κ1) is 10.4. The Morgan fingerprint density at radius 1 is 1.53 bits per heavy atom. The molecular formula is C12H17NO2. The van der Waals surface area contributed by atoms with Crippen LogP contribution in [0.2, 0.25) is 0 Å². The van der Waals surface area contributed by atoms with Crippen molar-refractivity contribution in [3.63, 3.8) is 0 Å². The summed E-state index contributed by atoms with van der Waals surface area (Å²) in [4.78, 5) is 3.80. The molecule has 0 bridgehead atoms. The van der Waals surface area contributed by atoms with Crippen molar-refractivity contribution in [3.05, 3.63) is 23.9 Å². The summed E-state index contributed by atoms with van der Waals surface area (Å²) in [7, 11) is 0. The summed E-state index contributed by atoms with van der Waals surface area (Å²) in [6.45, 7) is 5.12. The Labute approximate surface area is 90.1 Å². The van der Waals surface area contributed by atoms with Gasteiger partial charge in [0.2, 0.25) is 5.88 Å². The molecule has 1 fully saturated rings. The molecule has 1 atom stereocenters. The quantitative estimate of drug-likeness (QED) is 0.810. The van der Waals surface area contributed by atoms with Crippen LogP contribution >= 0.6 is 0 Å². The second-order valence-corrected chi connectivity index (χ2v) is 4.40. The van der Waals surface area contributed by atoms with E-state index in [-0.39, 0.29) is 11.5 Å². The van der Waals surface area contributed by atoms with Crippen LogP contribution in [0.1, 0.15) is 32.3 Å². The van der Waals surface area contributed by atoms with Crippen LogP contribution in [0.5, 0.6) is 5.88 Å². The predicted molar refractivity (Wildman–Crippen MR) is 57.6 cm³/mol. The van der Waals surface area contributed by atoms with Gasteiger partial charge in [0.05, 0.1) is 5.60 Å². The van der Waals surface area contributed by atoms with E-state index < -0.39 is 0 Å². The number of pyridine rings is 1. The third-order valence-electron chi connectivity index (χ3n) is 3.22. The van der Waals surface area contributed by atoms with Crippen LogP contribution in [-0.2, 0) is 10.3 Å². The molecule has 1 unspecified atom stereocenters. The Hall–Kier alpha value is -1.09. The average molecular weight is 207 g/mol. The SMILES string of the molecule is CC(C)C1(c2ccnc(O)c2)CCCO1. The maximum atomic E-state index is 9.40. The van der Waals surface area contributed by atoms with E-state index in [1.807, 2.05) is 6.07 Å². The van der Waals surface area contributed by atoms with Gasteiger partial charge in [-0.05, 0) is 30.4 Å². The van der Waals surface area contributed by atoms with Crippen molar-refractivity contribution < 1.29 is 9.84 Å². The second-order valence-electron chi connectivity index (χ2n) is 4.40. The molecule has 2 heterocycles. The lowest BCUT2D eigenvalue weighted by molar-refractivity contribution is -0.0384. The van der Waals surface area contributed by atoms with Crippen LogP contribution in [0.4, 0.5) is 0 Å². The number of ether oxygens (including phenoxy) is 1. The molecule has 0 radical (unpaired) electrons. The fraction of sp³-hybridized carbons (Fsp3) is 0.583. The normalized spacial score (nSPS) is 26.1. The Balaban J connectivity index is 2.41. The third-order valence-corrected chi connectivity index (χ3v) is 3.22. The Bertz CT molecular complexity index is 343. The first-order valence-electron chi connectivity index (χ1n) is 5.44. The van der Waals surface area contributed by atoms with Gasteiger partial charge < -0.3 is 9.84 Å². The van der Waals surface area contributed by atoms with Gasteiger partial charge in [0.15, 0.2) is 0 Å². The molecule has 82 valence electrons. The molecule has 1 aliphatic heterocycles. The minimum atomic E-state index is -0.222. The zero-order valence-corrected chi connectivity index (χ0v) is 9.23. The highest BCUT2D eigenvalue weighted by Gasteiger charge is 2.40. The van der Waals surface area contributed by atoms with Gasteiger partial charge in [0, 0.05) is 18.9 Å². The molecule has 1 N–H and O–H groups in total. The highest BCUT2D eigenvalue weighted by Crippen LogP contribution is 2.42. The van der Waals surface area contributed by atoms with Gasteiger partial charge in [0.1, 0.15) is 0 Å². The number of nitrogens with zero attached hydrogens (tertiary/aromatic N) is 1. The Morgan fingerprint density at radius 3 is 2.87 bits per heavy atom. The molecule has 15 heavy (non-hydrogen) atoms. The van der Waals surface area contributed by atoms with E-state index in [9.17, 15) is 5.11 Å². The molecule has 0 amide bonds. The highest BCUT2D eigenvalue weighted by molar-refractivity contribution is 5.27. The van der Waals surface area contributed by atoms with Crippen molar-refractivity contribution in [1.82, 2.24) is 4.98 Å². The van der Waals surface area contributed by atoms with Gasteiger partial charge in [-0.1, -0.05) is 13.8 Å². The second kappa shape index (κ2) is 3.81. The van der Waals surface area contributed by atoms with Crippen LogP contribution in [0.3, 0.4) is 0 Å². The maximum absolute atomic E-state index is 9.40. The molecule has 1 aromatic heterocycles. The lowest BCUT2D eigenvalue weighted by Gasteiger charge is -2.33. The summed E-state index contributed by atoms with van der Waals surface area (Å²) in [5, 5.41) is 9.40. The van der Waals surface area contributed by atoms with E-state index in [1.54, 1.807) is 12.3 Å². The molecule has 1 aliphatic rings. The summed E-state index contributed by atoms with van der Waals surface area (Å²) in [5.74, 6) is 0.477. The summed E-state index contributed by atoms with van der Waals surface area (Å²) < 4.78 is 5.90. The molecule has 3 heteroatoms. The monoisotopic (exact) mass is 207 g/mol. The first-order valence-corrected chi connectivity index (χ1v) is 5.44. The summed E-state index contributed by atoms with van der Waals surface area (Å²) in [6, 6.07) is 3.65. The smallest absolute Gasteiger partial charge is 0.211 e. The minimum absolute atomic E-state index is 0.0722. The van der Waals surface area contributed by atoms with Gasteiger partial charge >= 0.3 is 0 Å². The maximum Gasteiger partial charge on any atom is 0.211 e. The fourth-order valence-electron chi connectivity index (χ4n) is 2.36.